The molecule has 0 radical (unpaired) electrons. The average Bonchev–Trinajstić information content (AvgIpc) is 2.71. The molecule has 0 aliphatic carbocycles. The third-order valence-electron chi connectivity index (χ3n) is 4.53. The van der Waals surface area contributed by atoms with Crippen molar-refractivity contribution in [2.45, 2.75) is 37.6 Å². The van der Waals surface area contributed by atoms with Gasteiger partial charge >= 0.3 is 0 Å². The van der Waals surface area contributed by atoms with Crippen molar-refractivity contribution in [3.63, 3.8) is 0 Å². The number of hydrogen-bond acceptors (Lipinski definition) is 4. The highest BCUT2D eigenvalue weighted by Crippen LogP contribution is 2.24. The predicted molar refractivity (Wildman–Crippen MR) is 107 cm³/mol. The first kappa shape index (κ1) is 20.8. The average molecular weight is 391 g/mol. The van der Waals surface area contributed by atoms with E-state index in [9.17, 15) is 13.2 Å². The molecule has 0 unspecified atom stereocenters. The number of amides is 1. The summed E-state index contributed by atoms with van der Waals surface area (Å²) >= 11 is 0. The van der Waals surface area contributed by atoms with Crippen molar-refractivity contribution in [2.75, 3.05) is 18.5 Å². The maximum Gasteiger partial charge on any atom is 0.264 e. The van der Waals surface area contributed by atoms with E-state index in [1.807, 2.05) is 13.8 Å². The highest BCUT2D eigenvalue weighted by molar-refractivity contribution is 7.92. The van der Waals surface area contributed by atoms with Crippen LogP contribution in [-0.2, 0) is 10.0 Å². The van der Waals surface area contributed by atoms with Gasteiger partial charge in [0.15, 0.2) is 0 Å². The lowest BCUT2D eigenvalue weighted by molar-refractivity contribution is 0.0935. The van der Waals surface area contributed by atoms with E-state index >= 15 is 0 Å². The Bertz CT molecular complexity index is 858. The van der Waals surface area contributed by atoms with Gasteiger partial charge in [-0.3, -0.25) is 9.10 Å². The zero-order chi connectivity index (χ0) is 20.0. The third kappa shape index (κ3) is 4.80. The molecule has 0 heterocycles. The Kier molecular flexibility index (Phi) is 6.85. The molecule has 0 saturated heterocycles. The summed E-state index contributed by atoms with van der Waals surface area (Å²) < 4.78 is 31.8. The van der Waals surface area contributed by atoms with Gasteiger partial charge in [0, 0.05) is 18.7 Å². The van der Waals surface area contributed by atoms with Gasteiger partial charge in [-0.1, -0.05) is 13.8 Å². The third-order valence-corrected chi connectivity index (χ3v) is 6.33. The standard InChI is InChI=1S/C20H26N2O4S/c1-5-16(6-2)21-20(23)15-7-9-17(10-8-15)22(3)27(24,25)19-13-11-18(26-4)12-14-19/h7-14,16H,5-6H2,1-4H3,(H,21,23). The van der Waals surface area contributed by atoms with Gasteiger partial charge in [0.25, 0.3) is 15.9 Å². The number of nitrogens with zero attached hydrogens (tertiary/aromatic N) is 1. The molecule has 0 spiro atoms. The van der Waals surface area contributed by atoms with Crippen LogP contribution in [0.15, 0.2) is 53.4 Å². The summed E-state index contributed by atoms with van der Waals surface area (Å²) in [7, 11) is -0.690. The zero-order valence-corrected chi connectivity index (χ0v) is 16.9. The molecular formula is C20H26N2O4S. The van der Waals surface area contributed by atoms with Gasteiger partial charge in [-0.2, -0.15) is 0 Å². The van der Waals surface area contributed by atoms with Crippen LogP contribution < -0.4 is 14.4 Å². The zero-order valence-electron chi connectivity index (χ0n) is 16.1. The SMILES string of the molecule is CCC(CC)NC(=O)c1ccc(N(C)S(=O)(=O)c2ccc(OC)cc2)cc1. The number of carbonyl (C=O) groups excluding carboxylic acids is 1. The Morgan fingerprint density at radius 2 is 1.59 bits per heavy atom. The molecule has 6 nitrogen and oxygen atoms in total. The summed E-state index contributed by atoms with van der Waals surface area (Å²) in [5.41, 5.74) is 0.978. The number of ether oxygens (including phenoxy) is 1. The first-order valence-electron chi connectivity index (χ1n) is 8.87. The van der Waals surface area contributed by atoms with Crippen LogP contribution in [0.3, 0.4) is 0 Å². The Labute approximate surface area is 161 Å². The molecule has 1 amide bonds. The fourth-order valence-corrected chi connectivity index (χ4v) is 3.82. The Morgan fingerprint density at radius 1 is 1.04 bits per heavy atom. The van der Waals surface area contributed by atoms with E-state index in [0.29, 0.717) is 17.0 Å². The second-order valence-corrected chi connectivity index (χ2v) is 8.15. The molecule has 2 rings (SSSR count). The number of nitrogens with one attached hydrogen (secondary N) is 1. The van der Waals surface area contributed by atoms with Crippen LogP contribution in [0.25, 0.3) is 0 Å². The molecule has 2 aromatic rings. The van der Waals surface area contributed by atoms with Gasteiger partial charge in [-0.25, -0.2) is 8.42 Å². The summed E-state index contributed by atoms with van der Waals surface area (Å²) in [6.45, 7) is 4.05. The molecule has 27 heavy (non-hydrogen) atoms. The summed E-state index contributed by atoms with van der Waals surface area (Å²) in [4.78, 5) is 12.4. The lowest BCUT2D eigenvalue weighted by atomic mass is 10.1. The van der Waals surface area contributed by atoms with Crippen molar-refractivity contribution in [3.05, 3.63) is 54.1 Å². The lowest BCUT2D eigenvalue weighted by Gasteiger charge is -2.20. The molecule has 146 valence electrons. The fourth-order valence-electron chi connectivity index (χ4n) is 2.63. The monoisotopic (exact) mass is 390 g/mol. The van der Waals surface area contributed by atoms with Gasteiger partial charge in [0.2, 0.25) is 0 Å². The molecule has 0 aliphatic rings. The van der Waals surface area contributed by atoms with E-state index in [2.05, 4.69) is 5.32 Å². The summed E-state index contributed by atoms with van der Waals surface area (Å²) in [6, 6.07) is 12.9. The van der Waals surface area contributed by atoms with E-state index in [0.717, 1.165) is 12.8 Å². The number of rotatable bonds is 8. The first-order chi connectivity index (χ1) is 12.8. The van der Waals surface area contributed by atoms with E-state index in [4.69, 9.17) is 4.74 Å². The molecule has 0 saturated carbocycles. The van der Waals surface area contributed by atoms with Gasteiger partial charge in [0.1, 0.15) is 5.75 Å². The van der Waals surface area contributed by atoms with Crippen LogP contribution in [0.4, 0.5) is 5.69 Å². The molecule has 0 atom stereocenters. The highest BCUT2D eigenvalue weighted by atomic mass is 32.2. The van der Waals surface area contributed by atoms with E-state index in [1.165, 1.54) is 30.6 Å². The number of anilines is 1. The van der Waals surface area contributed by atoms with Crippen molar-refractivity contribution in [1.29, 1.82) is 0 Å². The first-order valence-corrected chi connectivity index (χ1v) is 10.3. The van der Waals surface area contributed by atoms with Crippen molar-refractivity contribution >= 4 is 21.6 Å². The maximum atomic E-state index is 12.8. The molecule has 7 heteroatoms. The molecule has 2 aromatic carbocycles. The number of benzene rings is 2. The summed E-state index contributed by atoms with van der Waals surface area (Å²) in [6.07, 6.45) is 1.73. The Balaban J connectivity index is 2.18. The van der Waals surface area contributed by atoms with Crippen LogP contribution in [0, 0.1) is 0 Å². The number of carbonyl (C=O) groups is 1. The topological polar surface area (TPSA) is 75.7 Å². The smallest absolute Gasteiger partial charge is 0.264 e. The van der Waals surface area contributed by atoms with Crippen LogP contribution >= 0.6 is 0 Å². The molecule has 0 aliphatic heterocycles. The second-order valence-electron chi connectivity index (χ2n) is 6.18. The fraction of sp³-hybridized carbons (Fsp3) is 0.350. The predicted octanol–water partition coefficient (Wildman–Crippen LogP) is 3.44. The minimum absolute atomic E-state index is 0.135. The minimum Gasteiger partial charge on any atom is -0.497 e. The molecule has 0 bridgehead atoms. The number of hydrogen-bond donors (Lipinski definition) is 1. The van der Waals surface area contributed by atoms with Gasteiger partial charge in [-0.05, 0) is 61.4 Å². The molecular weight excluding hydrogens is 364 g/mol. The summed E-state index contributed by atoms with van der Waals surface area (Å²) in [5.74, 6) is 0.431. The second kappa shape index (κ2) is 8.90. The largest absolute Gasteiger partial charge is 0.497 e. The van der Waals surface area contributed by atoms with Crippen molar-refractivity contribution in [2.24, 2.45) is 0 Å². The van der Waals surface area contributed by atoms with Gasteiger partial charge < -0.3 is 10.1 Å². The maximum absolute atomic E-state index is 12.8. The molecule has 0 aromatic heterocycles. The highest BCUT2D eigenvalue weighted by Gasteiger charge is 2.21. The van der Waals surface area contributed by atoms with Crippen LogP contribution in [0.1, 0.15) is 37.0 Å². The minimum atomic E-state index is -3.70. The lowest BCUT2D eigenvalue weighted by Crippen LogP contribution is -2.33. The Morgan fingerprint density at radius 3 is 2.07 bits per heavy atom. The Hall–Kier alpha value is -2.54. The summed E-state index contributed by atoms with van der Waals surface area (Å²) in [5, 5.41) is 2.97. The van der Waals surface area contributed by atoms with E-state index in [1.54, 1.807) is 36.4 Å². The van der Waals surface area contributed by atoms with Crippen molar-refractivity contribution in [3.8, 4) is 5.75 Å². The van der Waals surface area contributed by atoms with Crippen molar-refractivity contribution in [1.82, 2.24) is 5.32 Å². The van der Waals surface area contributed by atoms with Crippen LogP contribution in [-0.4, -0.2) is 34.5 Å². The van der Waals surface area contributed by atoms with E-state index in [-0.39, 0.29) is 16.8 Å². The quantitative estimate of drug-likeness (QED) is 0.749. The van der Waals surface area contributed by atoms with Gasteiger partial charge in [-0.15, -0.1) is 0 Å². The van der Waals surface area contributed by atoms with Gasteiger partial charge in [0.05, 0.1) is 17.7 Å². The molecule has 0 fully saturated rings. The molecule has 1 N–H and O–H groups in total. The number of methoxy groups -OCH3 is 1. The van der Waals surface area contributed by atoms with Crippen LogP contribution in [0.5, 0.6) is 5.75 Å². The van der Waals surface area contributed by atoms with Crippen LogP contribution in [0.2, 0.25) is 0 Å². The van der Waals surface area contributed by atoms with E-state index < -0.39 is 10.0 Å². The normalized spacial score (nSPS) is 11.3. The van der Waals surface area contributed by atoms with Crippen molar-refractivity contribution < 1.29 is 17.9 Å². The number of sulfonamides is 1.